The van der Waals surface area contributed by atoms with Crippen molar-refractivity contribution in [3.63, 3.8) is 0 Å². The van der Waals surface area contributed by atoms with Crippen LogP contribution < -0.4 is 5.32 Å². The summed E-state index contributed by atoms with van der Waals surface area (Å²) in [6, 6.07) is 6.16. The third-order valence-corrected chi connectivity index (χ3v) is 3.00. The molecule has 2 nitrogen and oxygen atoms in total. The van der Waals surface area contributed by atoms with E-state index >= 15 is 0 Å². The van der Waals surface area contributed by atoms with Crippen LogP contribution in [-0.4, -0.2) is 11.9 Å². The quantitative estimate of drug-likeness (QED) is 0.831. The molecule has 1 atom stereocenters. The van der Waals surface area contributed by atoms with Crippen LogP contribution in [0.3, 0.4) is 0 Å². The average molecular weight is 219 g/mol. The average Bonchev–Trinajstić information content (AvgIpc) is 2.21. The smallest absolute Gasteiger partial charge is 0.251 e. The fourth-order valence-corrected chi connectivity index (χ4v) is 1.43. The third kappa shape index (κ3) is 3.09. The van der Waals surface area contributed by atoms with Gasteiger partial charge in [0.1, 0.15) is 0 Å². The molecule has 1 aromatic rings. The van der Waals surface area contributed by atoms with Crippen molar-refractivity contribution in [1.29, 1.82) is 0 Å². The van der Waals surface area contributed by atoms with E-state index < -0.39 is 0 Å². The number of carbonyl (C=O) groups excluding carboxylic acids is 1. The highest BCUT2D eigenvalue weighted by Crippen LogP contribution is 2.11. The molecule has 1 rings (SSSR count). The minimum Gasteiger partial charge on any atom is -0.349 e. The van der Waals surface area contributed by atoms with Crippen molar-refractivity contribution in [1.82, 2.24) is 5.32 Å². The Hall–Kier alpha value is -1.31. The second-order valence-electron chi connectivity index (χ2n) is 4.82. The first-order chi connectivity index (χ1) is 7.41. The Morgan fingerprint density at radius 3 is 2.38 bits per heavy atom. The summed E-state index contributed by atoms with van der Waals surface area (Å²) < 4.78 is 0. The number of carbonyl (C=O) groups is 1. The van der Waals surface area contributed by atoms with Crippen LogP contribution in [-0.2, 0) is 0 Å². The Balaban J connectivity index is 2.84. The number of hydrogen-bond donors (Lipinski definition) is 1. The molecule has 1 N–H and O–H groups in total. The summed E-state index contributed by atoms with van der Waals surface area (Å²) in [7, 11) is 0. The summed E-state index contributed by atoms with van der Waals surface area (Å²) in [6.07, 6.45) is 0. The van der Waals surface area contributed by atoms with Crippen LogP contribution in [0.4, 0.5) is 0 Å². The molecule has 0 bridgehead atoms. The Kier molecular flexibility index (Phi) is 4.11. The van der Waals surface area contributed by atoms with Gasteiger partial charge in [-0.05, 0) is 38.3 Å². The van der Waals surface area contributed by atoms with Crippen molar-refractivity contribution in [2.75, 3.05) is 0 Å². The van der Waals surface area contributed by atoms with Crippen molar-refractivity contribution in [2.24, 2.45) is 5.92 Å². The number of rotatable bonds is 3. The third-order valence-electron chi connectivity index (χ3n) is 3.00. The predicted octanol–water partition coefficient (Wildman–Crippen LogP) is 3.08. The molecule has 0 heterocycles. The molecule has 88 valence electrons. The van der Waals surface area contributed by atoms with Crippen molar-refractivity contribution < 1.29 is 4.79 Å². The number of aryl methyl sites for hydroxylation is 2. The number of nitrogens with one attached hydrogen (secondary N) is 1. The van der Waals surface area contributed by atoms with Crippen LogP contribution in [0.15, 0.2) is 18.2 Å². The summed E-state index contributed by atoms with van der Waals surface area (Å²) in [5, 5.41) is 3.02. The van der Waals surface area contributed by atoms with Gasteiger partial charge in [0, 0.05) is 11.6 Å². The lowest BCUT2D eigenvalue weighted by atomic mass is 10.0. The Morgan fingerprint density at radius 1 is 1.19 bits per heavy atom. The molecule has 0 fully saturated rings. The van der Waals surface area contributed by atoms with Crippen molar-refractivity contribution in [3.8, 4) is 0 Å². The van der Waals surface area contributed by atoms with Crippen molar-refractivity contribution in [2.45, 2.75) is 40.7 Å². The second-order valence-corrected chi connectivity index (χ2v) is 4.82. The molecule has 0 aliphatic carbocycles. The lowest BCUT2D eigenvalue weighted by molar-refractivity contribution is 0.0930. The summed E-state index contributed by atoms with van der Waals surface area (Å²) in [6.45, 7) is 10.2. The molecule has 16 heavy (non-hydrogen) atoms. The van der Waals surface area contributed by atoms with Gasteiger partial charge in [0.05, 0.1) is 0 Å². The molecular formula is C14H21NO. The molecule has 1 unspecified atom stereocenters. The number of amides is 1. The number of benzene rings is 1. The van der Waals surface area contributed by atoms with Gasteiger partial charge in [0.2, 0.25) is 0 Å². The normalized spacial score (nSPS) is 12.6. The summed E-state index contributed by atoms with van der Waals surface area (Å²) in [5.74, 6) is 0.483. The number of hydrogen-bond acceptors (Lipinski definition) is 1. The van der Waals surface area contributed by atoms with Crippen molar-refractivity contribution in [3.05, 3.63) is 34.9 Å². The lowest BCUT2D eigenvalue weighted by Crippen LogP contribution is -2.36. The first-order valence-electron chi connectivity index (χ1n) is 5.80. The van der Waals surface area contributed by atoms with Gasteiger partial charge in [-0.3, -0.25) is 4.79 Å². The maximum absolute atomic E-state index is 12.0. The Bertz CT molecular complexity index is 382. The highest BCUT2D eigenvalue weighted by atomic mass is 16.1. The fourth-order valence-electron chi connectivity index (χ4n) is 1.43. The van der Waals surface area contributed by atoms with Gasteiger partial charge in [0.25, 0.3) is 5.91 Å². The molecule has 0 aliphatic heterocycles. The molecule has 2 heteroatoms. The van der Waals surface area contributed by atoms with Gasteiger partial charge in [-0.15, -0.1) is 0 Å². The zero-order chi connectivity index (χ0) is 12.3. The van der Waals surface area contributed by atoms with E-state index in [1.807, 2.05) is 39.0 Å². The maximum Gasteiger partial charge on any atom is 0.251 e. The topological polar surface area (TPSA) is 29.1 Å². The lowest BCUT2D eigenvalue weighted by Gasteiger charge is -2.18. The Labute approximate surface area is 98.1 Å². The minimum atomic E-state index is 0.0300. The van der Waals surface area contributed by atoms with Crippen LogP contribution in [0.25, 0.3) is 0 Å². The van der Waals surface area contributed by atoms with Crippen molar-refractivity contribution >= 4 is 5.91 Å². The fraction of sp³-hybridized carbons (Fsp3) is 0.500. The summed E-state index contributed by atoms with van der Waals surface area (Å²) in [5.41, 5.74) is 2.93. The SMILES string of the molecule is Cc1ccc(C)c(C(=O)NC(C)C(C)C)c1. The minimum absolute atomic E-state index is 0.0300. The molecule has 0 radical (unpaired) electrons. The zero-order valence-corrected chi connectivity index (χ0v) is 10.8. The molecule has 1 aromatic carbocycles. The first kappa shape index (κ1) is 12.8. The molecule has 0 spiro atoms. The second kappa shape index (κ2) is 5.15. The Morgan fingerprint density at radius 2 is 1.81 bits per heavy atom. The molecule has 0 aliphatic rings. The van der Waals surface area contributed by atoms with Crippen LogP contribution in [0.2, 0.25) is 0 Å². The van der Waals surface area contributed by atoms with Gasteiger partial charge in [-0.1, -0.05) is 31.5 Å². The van der Waals surface area contributed by atoms with Crippen LogP contribution >= 0.6 is 0 Å². The maximum atomic E-state index is 12.0. The van der Waals surface area contributed by atoms with E-state index in [-0.39, 0.29) is 11.9 Å². The molecule has 0 saturated heterocycles. The summed E-state index contributed by atoms with van der Waals surface area (Å²) >= 11 is 0. The van der Waals surface area contributed by atoms with Crippen LogP contribution in [0, 0.1) is 19.8 Å². The molecule has 0 saturated carbocycles. The van der Waals surface area contributed by atoms with E-state index in [1.165, 1.54) is 0 Å². The van der Waals surface area contributed by atoms with Gasteiger partial charge < -0.3 is 5.32 Å². The van der Waals surface area contributed by atoms with Gasteiger partial charge >= 0.3 is 0 Å². The van der Waals surface area contributed by atoms with E-state index in [1.54, 1.807) is 0 Å². The largest absolute Gasteiger partial charge is 0.349 e. The zero-order valence-electron chi connectivity index (χ0n) is 10.8. The molecular weight excluding hydrogens is 198 g/mol. The van der Waals surface area contributed by atoms with E-state index in [0.29, 0.717) is 5.92 Å². The highest BCUT2D eigenvalue weighted by Gasteiger charge is 2.14. The van der Waals surface area contributed by atoms with E-state index in [2.05, 4.69) is 19.2 Å². The van der Waals surface area contributed by atoms with Gasteiger partial charge in [0.15, 0.2) is 0 Å². The molecule has 0 aromatic heterocycles. The van der Waals surface area contributed by atoms with Crippen LogP contribution in [0.5, 0.6) is 0 Å². The standard InChI is InChI=1S/C14H21NO/c1-9(2)12(5)15-14(16)13-8-10(3)6-7-11(13)4/h6-9,12H,1-5H3,(H,15,16). The van der Waals surface area contributed by atoms with E-state index in [4.69, 9.17) is 0 Å². The van der Waals surface area contributed by atoms with Gasteiger partial charge in [-0.25, -0.2) is 0 Å². The van der Waals surface area contributed by atoms with E-state index in [0.717, 1.165) is 16.7 Å². The monoisotopic (exact) mass is 219 g/mol. The predicted molar refractivity (Wildman–Crippen MR) is 67.7 cm³/mol. The summed E-state index contributed by atoms with van der Waals surface area (Å²) in [4.78, 5) is 12.0. The molecule has 1 amide bonds. The van der Waals surface area contributed by atoms with E-state index in [9.17, 15) is 4.79 Å². The van der Waals surface area contributed by atoms with Crippen LogP contribution in [0.1, 0.15) is 42.3 Å². The first-order valence-corrected chi connectivity index (χ1v) is 5.80. The highest BCUT2D eigenvalue weighted by molar-refractivity contribution is 5.95. The van der Waals surface area contributed by atoms with Gasteiger partial charge in [-0.2, -0.15) is 0 Å².